The Balaban J connectivity index is 2.10. The summed E-state index contributed by atoms with van der Waals surface area (Å²) in [7, 11) is 0. The summed E-state index contributed by atoms with van der Waals surface area (Å²) in [4.78, 5) is 12.5. The molecule has 1 aliphatic heterocycles. The van der Waals surface area contributed by atoms with Gasteiger partial charge in [-0.25, -0.2) is 4.39 Å². The number of benzene rings is 1. The van der Waals surface area contributed by atoms with Gasteiger partial charge in [0, 0.05) is 18.3 Å². The molecule has 1 saturated heterocycles. The maximum absolute atomic E-state index is 13.8. The third-order valence-corrected chi connectivity index (χ3v) is 3.94. The van der Waals surface area contributed by atoms with Gasteiger partial charge in [0.05, 0.1) is 12.0 Å². The highest BCUT2D eigenvalue weighted by Gasteiger charge is 2.40. The average molecular weight is 294 g/mol. The van der Waals surface area contributed by atoms with E-state index < -0.39 is 5.82 Å². The number of carbonyl (C=O) groups excluding carboxylic acids is 1. The van der Waals surface area contributed by atoms with Gasteiger partial charge in [-0.15, -0.1) is 0 Å². The summed E-state index contributed by atoms with van der Waals surface area (Å²) in [6.45, 7) is 5.83. The molecule has 1 unspecified atom stereocenters. The second-order valence-electron chi connectivity index (χ2n) is 5.49. The molecule has 1 aromatic carbocycles. The van der Waals surface area contributed by atoms with Crippen LogP contribution in [0.1, 0.15) is 33.1 Å². The van der Waals surface area contributed by atoms with Crippen molar-refractivity contribution in [1.29, 1.82) is 0 Å². The van der Waals surface area contributed by atoms with E-state index in [-0.39, 0.29) is 17.1 Å². The predicted molar refractivity (Wildman–Crippen MR) is 81.0 cm³/mol. The number of halogens is 1. The third kappa shape index (κ3) is 3.53. The smallest absolute Gasteiger partial charge is 0.231 e. The van der Waals surface area contributed by atoms with Gasteiger partial charge in [0.2, 0.25) is 5.91 Å². The van der Waals surface area contributed by atoms with Gasteiger partial charge < -0.3 is 15.4 Å². The Bertz CT molecular complexity index is 499. The lowest BCUT2D eigenvalue weighted by atomic mass is 9.81. The van der Waals surface area contributed by atoms with Gasteiger partial charge in [0.15, 0.2) is 11.6 Å². The van der Waals surface area contributed by atoms with Crippen LogP contribution in [0.3, 0.4) is 0 Å². The molecule has 1 atom stereocenters. The molecule has 0 radical (unpaired) electrons. The van der Waals surface area contributed by atoms with Crippen molar-refractivity contribution in [3.8, 4) is 5.75 Å². The van der Waals surface area contributed by atoms with Gasteiger partial charge in [0.1, 0.15) is 0 Å². The minimum atomic E-state index is -0.455. The van der Waals surface area contributed by atoms with Crippen LogP contribution >= 0.6 is 0 Å². The molecule has 4 nitrogen and oxygen atoms in total. The second kappa shape index (κ2) is 6.89. The van der Waals surface area contributed by atoms with Crippen LogP contribution < -0.4 is 15.4 Å². The topological polar surface area (TPSA) is 50.4 Å². The van der Waals surface area contributed by atoms with Crippen molar-refractivity contribution in [3.63, 3.8) is 0 Å². The summed E-state index contributed by atoms with van der Waals surface area (Å²) in [5, 5.41) is 6.09. The van der Waals surface area contributed by atoms with Gasteiger partial charge in [-0.1, -0.05) is 13.3 Å². The summed E-state index contributed by atoms with van der Waals surface area (Å²) in [6, 6.07) is 4.53. The molecule has 0 bridgehead atoms. The van der Waals surface area contributed by atoms with E-state index in [1.807, 2.05) is 0 Å². The first-order valence-electron chi connectivity index (χ1n) is 7.56. The van der Waals surface area contributed by atoms with Gasteiger partial charge in [-0.05, 0) is 38.4 Å². The number of anilines is 1. The molecule has 5 heteroatoms. The van der Waals surface area contributed by atoms with Crippen LogP contribution in [0.25, 0.3) is 0 Å². The fourth-order valence-electron chi connectivity index (χ4n) is 2.86. The highest BCUT2D eigenvalue weighted by molar-refractivity contribution is 5.95. The van der Waals surface area contributed by atoms with E-state index in [2.05, 4.69) is 17.6 Å². The first kappa shape index (κ1) is 15.8. The van der Waals surface area contributed by atoms with Crippen LogP contribution in [-0.2, 0) is 4.79 Å². The molecule has 1 aliphatic rings. The first-order valence-corrected chi connectivity index (χ1v) is 7.56. The zero-order chi connectivity index (χ0) is 15.3. The fraction of sp³-hybridized carbons (Fsp3) is 0.562. The molecule has 0 aromatic heterocycles. The van der Waals surface area contributed by atoms with Crippen LogP contribution in [0.4, 0.5) is 10.1 Å². The Morgan fingerprint density at radius 1 is 1.48 bits per heavy atom. The number of amides is 1. The number of carbonyl (C=O) groups is 1. The minimum Gasteiger partial charge on any atom is -0.491 e. The van der Waals surface area contributed by atoms with E-state index in [9.17, 15) is 9.18 Å². The molecule has 1 heterocycles. The Labute approximate surface area is 125 Å². The number of rotatable bonds is 6. The van der Waals surface area contributed by atoms with E-state index in [4.69, 9.17) is 4.74 Å². The highest BCUT2D eigenvalue weighted by atomic mass is 19.1. The summed E-state index contributed by atoms with van der Waals surface area (Å²) in [5.41, 5.74) is 0.104. The van der Waals surface area contributed by atoms with Crippen molar-refractivity contribution < 1.29 is 13.9 Å². The molecule has 1 aromatic rings. The Morgan fingerprint density at radius 3 is 2.86 bits per heavy atom. The van der Waals surface area contributed by atoms with E-state index >= 15 is 0 Å². The number of hydrogen-bond acceptors (Lipinski definition) is 3. The summed E-state index contributed by atoms with van der Waals surface area (Å²) < 4.78 is 19.0. The quantitative estimate of drug-likeness (QED) is 0.848. The van der Waals surface area contributed by atoms with Crippen molar-refractivity contribution in [2.24, 2.45) is 5.41 Å². The van der Waals surface area contributed by atoms with E-state index in [1.165, 1.54) is 6.07 Å². The summed E-state index contributed by atoms with van der Waals surface area (Å²) in [6.07, 6.45) is 2.62. The SMILES string of the molecule is CCCC1(C(=O)Nc2ccc(OCC)c(F)c2)CCNC1. The van der Waals surface area contributed by atoms with Gasteiger partial charge >= 0.3 is 0 Å². The lowest BCUT2D eigenvalue weighted by Crippen LogP contribution is -2.38. The summed E-state index contributed by atoms with van der Waals surface area (Å²) >= 11 is 0. The van der Waals surface area contributed by atoms with Gasteiger partial charge in [-0.2, -0.15) is 0 Å². The van der Waals surface area contributed by atoms with Crippen molar-refractivity contribution in [3.05, 3.63) is 24.0 Å². The zero-order valence-electron chi connectivity index (χ0n) is 12.7. The van der Waals surface area contributed by atoms with E-state index in [1.54, 1.807) is 19.1 Å². The minimum absolute atomic E-state index is 0.0297. The van der Waals surface area contributed by atoms with Crippen molar-refractivity contribution in [2.45, 2.75) is 33.1 Å². The standard InChI is InChI=1S/C16H23FN2O2/c1-3-7-16(8-9-18-11-16)15(20)19-12-5-6-14(21-4-2)13(17)10-12/h5-6,10,18H,3-4,7-9,11H2,1-2H3,(H,19,20). The van der Waals surface area contributed by atoms with Crippen LogP contribution in [0.15, 0.2) is 18.2 Å². The van der Waals surface area contributed by atoms with Crippen molar-refractivity contribution in [2.75, 3.05) is 25.0 Å². The molecule has 116 valence electrons. The normalized spacial score (nSPS) is 21.3. The molecule has 0 aliphatic carbocycles. The Morgan fingerprint density at radius 2 is 2.29 bits per heavy atom. The molecular formula is C16H23FN2O2. The van der Waals surface area contributed by atoms with Crippen LogP contribution in [0.5, 0.6) is 5.75 Å². The van der Waals surface area contributed by atoms with Crippen LogP contribution in [-0.4, -0.2) is 25.6 Å². The molecule has 2 rings (SSSR count). The monoisotopic (exact) mass is 294 g/mol. The summed E-state index contributed by atoms with van der Waals surface area (Å²) in [5.74, 6) is -0.275. The molecule has 0 saturated carbocycles. The Kier molecular flexibility index (Phi) is 5.17. The second-order valence-corrected chi connectivity index (χ2v) is 5.49. The highest BCUT2D eigenvalue weighted by Crippen LogP contribution is 2.33. The number of ether oxygens (including phenoxy) is 1. The maximum Gasteiger partial charge on any atom is 0.231 e. The fourth-order valence-corrected chi connectivity index (χ4v) is 2.86. The Hall–Kier alpha value is -1.62. The number of hydrogen-bond donors (Lipinski definition) is 2. The molecule has 1 amide bonds. The lowest BCUT2D eigenvalue weighted by molar-refractivity contribution is -0.125. The van der Waals surface area contributed by atoms with Crippen molar-refractivity contribution >= 4 is 11.6 Å². The number of nitrogens with one attached hydrogen (secondary N) is 2. The van der Waals surface area contributed by atoms with Gasteiger partial charge in [-0.3, -0.25) is 4.79 Å². The molecule has 1 fully saturated rings. The molecular weight excluding hydrogens is 271 g/mol. The van der Waals surface area contributed by atoms with Crippen LogP contribution in [0.2, 0.25) is 0 Å². The third-order valence-electron chi connectivity index (χ3n) is 3.94. The molecule has 0 spiro atoms. The predicted octanol–water partition coefficient (Wildman–Crippen LogP) is 2.94. The zero-order valence-corrected chi connectivity index (χ0v) is 12.7. The average Bonchev–Trinajstić information content (AvgIpc) is 2.92. The molecule has 2 N–H and O–H groups in total. The maximum atomic E-state index is 13.8. The van der Waals surface area contributed by atoms with E-state index in [0.29, 0.717) is 18.8 Å². The first-order chi connectivity index (χ1) is 10.1. The van der Waals surface area contributed by atoms with E-state index in [0.717, 1.165) is 25.8 Å². The molecule has 21 heavy (non-hydrogen) atoms. The van der Waals surface area contributed by atoms with Crippen molar-refractivity contribution in [1.82, 2.24) is 5.32 Å². The largest absolute Gasteiger partial charge is 0.491 e. The lowest BCUT2D eigenvalue weighted by Gasteiger charge is -2.26. The van der Waals surface area contributed by atoms with Gasteiger partial charge in [0.25, 0.3) is 0 Å². The van der Waals surface area contributed by atoms with Crippen LogP contribution in [0, 0.1) is 11.2 Å².